The molecule has 0 saturated heterocycles. The number of Topliss-reactive ketones (excluding diaryl/α,β-unsaturated/α-hetero) is 1. The SMILES string of the molecule is C=C1[C@H](c2ccccc2)[C@@H]2CC(O[Si](C)(C)C)=CC[C@@]1(C)C2=O. The Bertz CT molecular complexity index is 669. The number of hydrogen-bond acceptors (Lipinski definition) is 2. The van der Waals surface area contributed by atoms with Crippen molar-refractivity contribution in [3.8, 4) is 0 Å². The topological polar surface area (TPSA) is 26.3 Å². The van der Waals surface area contributed by atoms with Crippen LogP contribution in [-0.4, -0.2) is 14.1 Å². The van der Waals surface area contributed by atoms with Gasteiger partial charge in [-0.3, -0.25) is 4.79 Å². The molecular weight excluding hydrogens is 300 g/mol. The Morgan fingerprint density at radius 2 is 1.87 bits per heavy atom. The molecule has 3 atom stereocenters. The lowest BCUT2D eigenvalue weighted by atomic mass is 9.78. The van der Waals surface area contributed by atoms with Crippen LogP contribution >= 0.6 is 0 Å². The molecule has 0 aromatic heterocycles. The fraction of sp³-hybridized carbons (Fsp3) is 0.450. The molecule has 1 fully saturated rings. The number of rotatable bonds is 3. The first-order valence-corrected chi connectivity index (χ1v) is 11.8. The van der Waals surface area contributed by atoms with Crippen molar-refractivity contribution in [1.82, 2.24) is 0 Å². The highest BCUT2D eigenvalue weighted by Gasteiger charge is 2.54. The van der Waals surface area contributed by atoms with E-state index >= 15 is 0 Å². The minimum Gasteiger partial charge on any atom is -0.548 e. The highest BCUT2D eigenvalue weighted by Crippen LogP contribution is 2.56. The van der Waals surface area contributed by atoms with Crippen LogP contribution in [0.25, 0.3) is 0 Å². The molecule has 0 spiro atoms. The molecule has 1 aromatic carbocycles. The van der Waals surface area contributed by atoms with E-state index in [1.165, 1.54) is 5.56 Å². The predicted molar refractivity (Wildman–Crippen MR) is 96.7 cm³/mol. The molecule has 122 valence electrons. The Morgan fingerprint density at radius 3 is 2.48 bits per heavy atom. The molecule has 1 saturated carbocycles. The quantitative estimate of drug-likeness (QED) is 0.573. The molecule has 2 aliphatic rings. The van der Waals surface area contributed by atoms with Crippen LogP contribution in [0.5, 0.6) is 0 Å². The van der Waals surface area contributed by atoms with E-state index in [1.807, 2.05) is 18.2 Å². The van der Waals surface area contributed by atoms with Gasteiger partial charge in [-0.15, -0.1) is 0 Å². The molecule has 0 N–H and O–H groups in total. The molecule has 0 radical (unpaired) electrons. The van der Waals surface area contributed by atoms with Crippen LogP contribution in [0.15, 0.2) is 54.3 Å². The third-order valence-corrected chi connectivity index (χ3v) is 6.00. The van der Waals surface area contributed by atoms with Gasteiger partial charge in [-0.2, -0.15) is 0 Å². The lowest BCUT2D eigenvalue weighted by molar-refractivity contribution is -0.127. The number of allylic oxidation sites excluding steroid dienone is 3. The summed E-state index contributed by atoms with van der Waals surface area (Å²) in [4.78, 5) is 13.1. The summed E-state index contributed by atoms with van der Waals surface area (Å²) in [5, 5.41) is 0. The van der Waals surface area contributed by atoms with Gasteiger partial charge in [-0.05, 0) is 44.6 Å². The fourth-order valence-corrected chi connectivity index (χ4v) is 4.89. The van der Waals surface area contributed by atoms with Gasteiger partial charge in [0, 0.05) is 18.3 Å². The standard InChI is InChI=1S/C20H26O2Si/c1-14-18(15-9-7-6-8-10-15)17-13-16(22-23(3,4)5)11-12-20(14,2)19(17)21/h6-11,17-18H,1,12-13H2,2-5H3/t17-,18+,20+/m0/s1. The van der Waals surface area contributed by atoms with Gasteiger partial charge in [0.05, 0.1) is 11.2 Å². The van der Waals surface area contributed by atoms with Gasteiger partial charge < -0.3 is 4.43 Å². The first kappa shape index (κ1) is 16.3. The van der Waals surface area contributed by atoms with Crippen LogP contribution in [-0.2, 0) is 9.22 Å². The molecule has 23 heavy (non-hydrogen) atoms. The van der Waals surface area contributed by atoms with Gasteiger partial charge in [0.2, 0.25) is 8.32 Å². The highest BCUT2D eigenvalue weighted by molar-refractivity contribution is 6.70. The van der Waals surface area contributed by atoms with Crippen molar-refractivity contribution in [2.24, 2.45) is 11.3 Å². The van der Waals surface area contributed by atoms with Crippen molar-refractivity contribution in [2.75, 3.05) is 0 Å². The lowest BCUT2D eigenvalue weighted by Crippen LogP contribution is -2.26. The zero-order valence-electron chi connectivity index (χ0n) is 14.6. The second-order valence-corrected chi connectivity index (χ2v) is 12.4. The number of benzene rings is 1. The van der Waals surface area contributed by atoms with Crippen molar-refractivity contribution in [2.45, 2.75) is 45.3 Å². The summed E-state index contributed by atoms with van der Waals surface area (Å²) in [6.45, 7) is 13.0. The average molecular weight is 327 g/mol. The van der Waals surface area contributed by atoms with Gasteiger partial charge >= 0.3 is 0 Å². The number of fused-ring (bicyclic) bond motifs is 2. The molecular formula is C20H26O2Si. The van der Waals surface area contributed by atoms with E-state index in [2.05, 4.69) is 51.4 Å². The Morgan fingerprint density at radius 1 is 1.22 bits per heavy atom. The van der Waals surface area contributed by atoms with Gasteiger partial charge in [-0.1, -0.05) is 42.5 Å². The number of hydrogen-bond donors (Lipinski definition) is 0. The highest BCUT2D eigenvalue weighted by atomic mass is 28.4. The number of carbonyl (C=O) groups excluding carboxylic acids is 1. The number of carbonyl (C=O) groups is 1. The van der Waals surface area contributed by atoms with E-state index in [-0.39, 0.29) is 11.8 Å². The summed E-state index contributed by atoms with van der Waals surface area (Å²) < 4.78 is 6.24. The minimum absolute atomic E-state index is 0.0417. The van der Waals surface area contributed by atoms with Crippen molar-refractivity contribution >= 4 is 14.1 Å². The third kappa shape index (κ3) is 2.83. The van der Waals surface area contributed by atoms with Crippen LogP contribution in [0.2, 0.25) is 19.6 Å². The molecule has 2 nitrogen and oxygen atoms in total. The van der Waals surface area contributed by atoms with Crippen LogP contribution in [0.3, 0.4) is 0 Å². The average Bonchev–Trinajstić information content (AvgIpc) is 2.58. The maximum Gasteiger partial charge on any atom is 0.241 e. The maximum atomic E-state index is 13.1. The zero-order valence-corrected chi connectivity index (χ0v) is 15.6. The molecule has 2 aliphatic carbocycles. The molecule has 3 heteroatoms. The fourth-order valence-electron chi connectivity index (χ4n) is 3.94. The van der Waals surface area contributed by atoms with E-state index in [0.717, 1.165) is 11.3 Å². The Labute approximate surface area is 140 Å². The van der Waals surface area contributed by atoms with Crippen LogP contribution in [0.4, 0.5) is 0 Å². The normalized spacial score (nSPS) is 30.9. The van der Waals surface area contributed by atoms with E-state index in [9.17, 15) is 4.79 Å². The molecule has 3 rings (SSSR count). The summed E-state index contributed by atoms with van der Waals surface area (Å²) >= 11 is 0. The van der Waals surface area contributed by atoms with Crippen molar-refractivity contribution < 1.29 is 9.22 Å². The molecule has 0 amide bonds. The summed E-state index contributed by atoms with van der Waals surface area (Å²) in [6.07, 6.45) is 3.56. The summed E-state index contributed by atoms with van der Waals surface area (Å²) in [6, 6.07) is 10.3. The van der Waals surface area contributed by atoms with Gasteiger partial charge in [0.15, 0.2) is 0 Å². The summed E-state index contributed by atoms with van der Waals surface area (Å²) in [5.41, 5.74) is 1.83. The van der Waals surface area contributed by atoms with Gasteiger partial charge in [0.25, 0.3) is 0 Å². The predicted octanol–water partition coefficient (Wildman–Crippen LogP) is 5.06. The smallest absolute Gasteiger partial charge is 0.241 e. The van der Waals surface area contributed by atoms with Gasteiger partial charge in [-0.25, -0.2) is 0 Å². The Balaban J connectivity index is 2.00. The first-order chi connectivity index (χ1) is 10.7. The second kappa shape index (κ2) is 5.48. The van der Waals surface area contributed by atoms with Crippen LogP contribution in [0.1, 0.15) is 31.2 Å². The van der Waals surface area contributed by atoms with Crippen LogP contribution in [0, 0.1) is 11.3 Å². The maximum absolute atomic E-state index is 13.1. The van der Waals surface area contributed by atoms with Crippen LogP contribution < -0.4 is 0 Å². The molecule has 2 bridgehead atoms. The Kier molecular flexibility index (Phi) is 3.87. The van der Waals surface area contributed by atoms with Gasteiger partial charge in [0.1, 0.15) is 5.78 Å². The monoisotopic (exact) mass is 326 g/mol. The summed E-state index contributed by atoms with van der Waals surface area (Å²) in [5.74, 6) is 1.42. The third-order valence-electron chi connectivity index (χ3n) is 5.12. The zero-order chi connectivity index (χ0) is 16.8. The molecule has 1 aromatic rings. The first-order valence-electron chi connectivity index (χ1n) is 8.39. The largest absolute Gasteiger partial charge is 0.548 e. The van der Waals surface area contributed by atoms with Crippen molar-refractivity contribution in [1.29, 1.82) is 0 Å². The van der Waals surface area contributed by atoms with Crippen molar-refractivity contribution in [3.63, 3.8) is 0 Å². The van der Waals surface area contributed by atoms with E-state index in [4.69, 9.17) is 4.43 Å². The lowest BCUT2D eigenvalue weighted by Gasteiger charge is -2.28. The molecule has 0 heterocycles. The number of ketones is 1. The second-order valence-electron chi connectivity index (χ2n) is 8.01. The molecule has 0 aliphatic heterocycles. The van der Waals surface area contributed by atoms with E-state index < -0.39 is 13.7 Å². The minimum atomic E-state index is -1.66. The summed E-state index contributed by atoms with van der Waals surface area (Å²) in [7, 11) is -1.66. The van der Waals surface area contributed by atoms with E-state index in [1.54, 1.807) is 0 Å². The van der Waals surface area contributed by atoms with Crippen molar-refractivity contribution in [3.05, 3.63) is 59.9 Å². The molecule has 0 unspecified atom stereocenters. The Hall–Kier alpha value is -1.61. The van der Waals surface area contributed by atoms with E-state index in [0.29, 0.717) is 18.6 Å².